The lowest BCUT2D eigenvalue weighted by Gasteiger charge is -2.14. The maximum atomic E-state index is 15.8. The molecule has 0 fully saturated rings. The van der Waals surface area contributed by atoms with Crippen molar-refractivity contribution in [3.8, 4) is 5.75 Å². The number of rotatable bonds is 9. The molecule has 0 bridgehead atoms. The number of ether oxygens (including phenoxy) is 1. The maximum absolute atomic E-state index is 15.8. The molecule has 3 aliphatic heterocycles. The fourth-order valence-electron chi connectivity index (χ4n) is 4.79. The van der Waals surface area contributed by atoms with E-state index in [1.165, 1.54) is 12.2 Å². The number of hydrogen-bond acceptors (Lipinski definition) is 4. The third-order valence-electron chi connectivity index (χ3n) is 6.78. The minimum atomic E-state index is -1.40. The molecule has 3 aromatic rings. The average Bonchev–Trinajstić information content (AvgIpc) is 3.76. The molecule has 9 nitrogen and oxygen atoms in total. The third kappa shape index (κ3) is 5.44. The van der Waals surface area contributed by atoms with Crippen molar-refractivity contribution in [3.05, 3.63) is 107 Å². The van der Waals surface area contributed by atoms with Crippen molar-refractivity contribution in [3.63, 3.8) is 0 Å². The summed E-state index contributed by atoms with van der Waals surface area (Å²) in [6.45, 7) is 0.0425. The Morgan fingerprint density at radius 3 is 2.54 bits per heavy atom. The van der Waals surface area contributed by atoms with Gasteiger partial charge in [0.1, 0.15) is 11.4 Å². The van der Waals surface area contributed by atoms with Crippen molar-refractivity contribution < 1.29 is 32.6 Å². The van der Waals surface area contributed by atoms with E-state index in [9.17, 15) is 14.4 Å². The number of fused-ring (bicyclic) bond motifs is 2. The van der Waals surface area contributed by atoms with E-state index in [-0.39, 0.29) is 42.1 Å². The number of carbonyl (C=O) groups excluding carboxylic acids is 3. The van der Waals surface area contributed by atoms with E-state index < -0.39 is 7.26 Å². The Bertz CT molecular complexity index is 1630. The van der Waals surface area contributed by atoms with E-state index >= 15 is 4.32 Å². The molecule has 0 spiro atoms. The maximum Gasteiger partial charge on any atom is 0.846 e. The molecule has 206 valence electrons. The van der Waals surface area contributed by atoms with Crippen LogP contribution in [0.5, 0.6) is 5.75 Å². The van der Waals surface area contributed by atoms with Crippen LogP contribution in [-0.2, 0) is 14.4 Å². The molecule has 41 heavy (non-hydrogen) atoms. The van der Waals surface area contributed by atoms with Gasteiger partial charge in [0.2, 0.25) is 5.71 Å². The summed E-state index contributed by atoms with van der Waals surface area (Å²) >= 11 is 0. The second-order valence-corrected chi connectivity index (χ2v) is 9.31. The first-order valence-electron chi connectivity index (χ1n) is 12.7. The van der Waals surface area contributed by atoms with Crippen molar-refractivity contribution in [1.82, 2.24) is 19.7 Å². The van der Waals surface area contributed by atoms with Crippen molar-refractivity contribution in [2.45, 2.75) is 0 Å². The molecule has 6 rings (SSSR count). The van der Waals surface area contributed by atoms with Crippen LogP contribution in [0.3, 0.4) is 0 Å². The Balaban J connectivity index is 0.00000337. The predicted molar refractivity (Wildman–Crippen MR) is 149 cm³/mol. The normalized spacial score (nSPS) is 15.4. The van der Waals surface area contributed by atoms with Crippen LogP contribution in [0, 0.1) is 0 Å². The summed E-state index contributed by atoms with van der Waals surface area (Å²) in [7, 11) is -1.40. The highest BCUT2D eigenvalue weighted by Crippen LogP contribution is 2.27. The summed E-state index contributed by atoms with van der Waals surface area (Å²) in [6.07, 6.45) is 13.8. The molecular weight excluding hydrogens is 531 g/mol. The van der Waals surface area contributed by atoms with Gasteiger partial charge in [-0.1, -0.05) is 18.2 Å². The summed E-state index contributed by atoms with van der Waals surface area (Å²) in [5, 5.41) is 2.62. The number of allylic oxidation sites excluding steroid dienone is 2. The molecule has 5 heterocycles. The lowest BCUT2D eigenvalue weighted by Crippen LogP contribution is -3.00. The molecule has 3 amide bonds. The molecular formula is C29H24BF2N5O4. The minimum Gasteiger partial charge on any atom is -1.00 e. The second kappa shape index (κ2) is 11.5. The number of imide groups is 1. The highest BCUT2D eigenvalue weighted by molar-refractivity contribution is 6.44. The van der Waals surface area contributed by atoms with E-state index in [0.717, 1.165) is 39.0 Å². The van der Waals surface area contributed by atoms with E-state index in [0.29, 0.717) is 5.75 Å². The Morgan fingerprint density at radius 1 is 1.02 bits per heavy atom. The fraction of sp³-hybridized carbons (Fsp3) is 0.103. The lowest BCUT2D eigenvalue weighted by molar-refractivity contribution is -0.333. The Hall–Kier alpha value is -5.26. The Kier molecular flexibility index (Phi) is 7.64. The zero-order valence-electron chi connectivity index (χ0n) is 21.7. The summed E-state index contributed by atoms with van der Waals surface area (Å²) in [6, 6.07) is 14.8. The molecule has 0 atom stereocenters. The van der Waals surface area contributed by atoms with Gasteiger partial charge in [-0.25, -0.2) is 8.80 Å². The molecule has 2 N–H and O–H groups in total. The van der Waals surface area contributed by atoms with Crippen LogP contribution in [-0.4, -0.2) is 69.2 Å². The molecule has 0 radical (unpaired) electrons. The van der Waals surface area contributed by atoms with Crippen molar-refractivity contribution in [2.75, 3.05) is 19.7 Å². The zero-order valence-corrected chi connectivity index (χ0v) is 21.7. The highest BCUT2D eigenvalue weighted by Gasteiger charge is 2.47. The number of carbonyl (C=O) groups is 3. The first-order valence-corrected chi connectivity index (χ1v) is 12.7. The Labute approximate surface area is 234 Å². The van der Waals surface area contributed by atoms with Gasteiger partial charge in [-0.05, 0) is 48.0 Å². The summed E-state index contributed by atoms with van der Waals surface area (Å²) in [5.41, 5.74) is 4.81. The average molecular weight is 555 g/mol. The van der Waals surface area contributed by atoms with Crippen LogP contribution in [0.25, 0.3) is 18.2 Å². The smallest absolute Gasteiger partial charge is 0.846 e. The van der Waals surface area contributed by atoms with Crippen LogP contribution in [0.15, 0.2) is 84.7 Å². The third-order valence-corrected chi connectivity index (χ3v) is 6.78. The Morgan fingerprint density at radius 2 is 1.80 bits per heavy atom. The van der Waals surface area contributed by atoms with Crippen molar-refractivity contribution >= 4 is 48.9 Å². The molecule has 0 saturated heterocycles. The number of aromatic amines is 1. The molecule has 2 aromatic heterocycles. The van der Waals surface area contributed by atoms with E-state index in [2.05, 4.69) is 10.3 Å². The van der Waals surface area contributed by atoms with Gasteiger partial charge in [-0.2, -0.15) is 0 Å². The summed E-state index contributed by atoms with van der Waals surface area (Å²) in [4.78, 5) is 39.3. The van der Waals surface area contributed by atoms with Gasteiger partial charge in [0.25, 0.3) is 17.7 Å². The quantitative estimate of drug-likeness (QED) is 0.279. The zero-order chi connectivity index (χ0) is 27.6. The number of hydrogen-bond donors (Lipinski definition) is 2. The number of aromatic nitrogens is 2. The molecule has 3 aliphatic rings. The number of halogens is 2. The van der Waals surface area contributed by atoms with Gasteiger partial charge >= 0.3 is 7.26 Å². The van der Waals surface area contributed by atoms with Crippen LogP contribution < -0.4 is 14.8 Å². The van der Waals surface area contributed by atoms with E-state index in [4.69, 9.17) is 4.74 Å². The largest absolute Gasteiger partial charge is 1.00 e. The minimum absolute atomic E-state index is 0. The van der Waals surface area contributed by atoms with E-state index in [1.807, 2.05) is 73.0 Å². The van der Waals surface area contributed by atoms with Gasteiger partial charge in [-0.15, -0.1) is 0 Å². The van der Waals surface area contributed by atoms with Gasteiger partial charge in [-0.3, -0.25) is 23.8 Å². The van der Waals surface area contributed by atoms with Gasteiger partial charge in [0.15, 0.2) is 12.3 Å². The van der Waals surface area contributed by atoms with Crippen LogP contribution in [0.4, 0.5) is 4.32 Å². The second-order valence-electron chi connectivity index (χ2n) is 9.31. The summed E-state index contributed by atoms with van der Waals surface area (Å²) < 4.78 is 24.7. The van der Waals surface area contributed by atoms with Crippen LogP contribution in [0.2, 0.25) is 0 Å². The fourth-order valence-corrected chi connectivity index (χ4v) is 4.79. The number of nitrogens with zero attached hydrogens (tertiary/aromatic N) is 3. The predicted octanol–water partition coefficient (Wildman–Crippen LogP) is -0.361. The topological polar surface area (TPSA) is 99.4 Å². The van der Waals surface area contributed by atoms with Gasteiger partial charge in [0.05, 0.1) is 0 Å². The van der Waals surface area contributed by atoms with Crippen LogP contribution >= 0.6 is 0 Å². The number of amides is 3. The molecule has 0 aliphatic carbocycles. The van der Waals surface area contributed by atoms with Crippen LogP contribution in [0.1, 0.15) is 22.6 Å². The number of benzene rings is 1. The lowest BCUT2D eigenvalue weighted by atomic mass is 9.96. The van der Waals surface area contributed by atoms with Gasteiger partial charge < -0.3 is 19.7 Å². The first-order chi connectivity index (χ1) is 19.5. The monoisotopic (exact) mass is 555 g/mol. The van der Waals surface area contributed by atoms with E-state index in [1.54, 1.807) is 21.1 Å². The van der Waals surface area contributed by atoms with Crippen molar-refractivity contribution in [2.24, 2.45) is 0 Å². The number of nitrogens with one attached hydrogen (secondary N) is 2. The first kappa shape index (κ1) is 27.3. The molecule has 12 heteroatoms. The number of H-pyrrole nitrogens is 1. The highest BCUT2D eigenvalue weighted by atomic mass is 19.1. The van der Waals surface area contributed by atoms with Gasteiger partial charge in [0, 0.05) is 61.1 Å². The molecule has 0 unspecified atom stereocenters. The molecule has 0 saturated carbocycles. The standard InChI is InChI=1S/C29H23BFN5O4.FH/c31-30-35-21(7-8-22(35)18-23-9-12-26(36(23)30)25-2-1-15-32-25)6-3-20-4-10-24(11-5-20)40-19-27(37)33-16-17-34-28(38)13-14-29(34)39;/h1-15,18H,16-17,19H2,(H,33,37);1H/b6-3+;. The van der Waals surface area contributed by atoms with Crippen molar-refractivity contribution in [1.29, 1.82) is 0 Å². The molecule has 1 aromatic carbocycles. The summed E-state index contributed by atoms with van der Waals surface area (Å²) in [5.74, 6) is -0.629. The SMILES string of the molecule is O=C(COc1ccc(/C=C/c2ccc3n2B(F)[N+]2=C(c4ccc[nH]4)C=CC2=C3)cc1)NCCN1C(=O)C=CC1=O.[F-].